The third kappa shape index (κ3) is 4.11. The predicted octanol–water partition coefficient (Wildman–Crippen LogP) is 2.94. The summed E-state index contributed by atoms with van der Waals surface area (Å²) in [5, 5.41) is 3.09. The van der Waals surface area contributed by atoms with Gasteiger partial charge in [-0.05, 0) is 30.2 Å². The zero-order chi connectivity index (χ0) is 19.3. The number of nitrogens with one attached hydrogen (secondary N) is 1. The maximum absolute atomic E-state index is 12.9. The highest BCUT2D eigenvalue weighted by molar-refractivity contribution is 5.95. The smallest absolute Gasteiger partial charge is 0.251 e. The number of hydrogen-bond donors (Lipinski definition) is 1. The van der Waals surface area contributed by atoms with Crippen LogP contribution in [0, 0.1) is 0 Å². The molecule has 1 atom stereocenters. The van der Waals surface area contributed by atoms with Crippen molar-refractivity contribution in [2.45, 2.75) is 25.3 Å². The van der Waals surface area contributed by atoms with Gasteiger partial charge < -0.3 is 19.7 Å². The summed E-state index contributed by atoms with van der Waals surface area (Å²) in [5.74, 6) is 1.20. The van der Waals surface area contributed by atoms with Crippen molar-refractivity contribution < 1.29 is 19.1 Å². The number of carbonyl (C=O) groups is 2. The van der Waals surface area contributed by atoms with E-state index in [-0.39, 0.29) is 17.9 Å². The van der Waals surface area contributed by atoms with E-state index in [0.29, 0.717) is 43.2 Å². The number of nitrogens with zero attached hydrogens (tertiary/aromatic N) is 1. The lowest BCUT2D eigenvalue weighted by Gasteiger charge is -2.25. The number of hydrogen-bond acceptors (Lipinski definition) is 4. The fraction of sp³-hybridized carbons (Fsp3) is 0.364. The summed E-state index contributed by atoms with van der Waals surface area (Å²) in [6, 6.07) is 14.7. The Morgan fingerprint density at radius 2 is 1.82 bits per heavy atom. The number of benzene rings is 2. The maximum atomic E-state index is 12.9. The van der Waals surface area contributed by atoms with Crippen molar-refractivity contribution in [3.63, 3.8) is 0 Å². The number of carbonyl (C=O) groups excluding carboxylic acids is 2. The van der Waals surface area contributed by atoms with E-state index in [0.717, 1.165) is 24.9 Å². The van der Waals surface area contributed by atoms with Crippen LogP contribution in [0.2, 0.25) is 0 Å². The Labute approximate surface area is 164 Å². The van der Waals surface area contributed by atoms with Gasteiger partial charge in [-0.15, -0.1) is 0 Å². The Bertz CT molecular complexity index is 853. The van der Waals surface area contributed by atoms with Crippen LogP contribution in [0.25, 0.3) is 0 Å². The van der Waals surface area contributed by atoms with Gasteiger partial charge in [-0.2, -0.15) is 0 Å². The van der Waals surface area contributed by atoms with Gasteiger partial charge in [0, 0.05) is 31.5 Å². The van der Waals surface area contributed by atoms with E-state index in [1.807, 2.05) is 35.2 Å². The average Bonchev–Trinajstić information content (AvgIpc) is 2.98. The lowest BCUT2D eigenvalue weighted by atomic mass is 10.1. The minimum Gasteiger partial charge on any atom is -0.490 e. The fourth-order valence-electron chi connectivity index (χ4n) is 3.58. The number of amides is 2. The maximum Gasteiger partial charge on any atom is 0.251 e. The molecule has 1 fully saturated rings. The molecule has 6 heteroatoms. The topological polar surface area (TPSA) is 67.9 Å². The first kappa shape index (κ1) is 18.3. The number of fused-ring (bicyclic) bond motifs is 1. The van der Waals surface area contributed by atoms with Crippen LogP contribution in [-0.2, 0) is 4.79 Å². The number of rotatable bonds is 5. The quantitative estimate of drug-likeness (QED) is 0.866. The van der Waals surface area contributed by atoms with Gasteiger partial charge >= 0.3 is 0 Å². The van der Waals surface area contributed by atoms with Gasteiger partial charge in [-0.25, -0.2) is 0 Å². The largest absolute Gasteiger partial charge is 0.490 e. The monoisotopic (exact) mass is 380 g/mol. The van der Waals surface area contributed by atoms with Crippen molar-refractivity contribution in [2.24, 2.45) is 0 Å². The van der Waals surface area contributed by atoms with E-state index in [2.05, 4.69) is 5.32 Å². The third-order valence-electron chi connectivity index (χ3n) is 5.09. The molecule has 2 aromatic carbocycles. The molecule has 1 unspecified atom stereocenters. The van der Waals surface area contributed by atoms with Gasteiger partial charge in [-0.3, -0.25) is 9.59 Å². The van der Waals surface area contributed by atoms with Crippen LogP contribution < -0.4 is 14.8 Å². The van der Waals surface area contributed by atoms with Crippen LogP contribution in [0.15, 0.2) is 48.5 Å². The van der Waals surface area contributed by atoms with E-state index < -0.39 is 0 Å². The van der Waals surface area contributed by atoms with Crippen LogP contribution >= 0.6 is 0 Å². The molecular weight excluding hydrogens is 356 g/mol. The molecule has 1 saturated heterocycles. The summed E-state index contributed by atoms with van der Waals surface area (Å²) in [6.45, 7) is 2.39. The molecule has 2 amide bonds. The van der Waals surface area contributed by atoms with Crippen molar-refractivity contribution in [1.29, 1.82) is 0 Å². The molecule has 2 heterocycles. The molecule has 28 heavy (non-hydrogen) atoms. The van der Waals surface area contributed by atoms with Crippen LogP contribution in [0.4, 0.5) is 0 Å². The van der Waals surface area contributed by atoms with Gasteiger partial charge in [0.2, 0.25) is 5.91 Å². The molecule has 1 N–H and O–H groups in total. The van der Waals surface area contributed by atoms with Crippen LogP contribution in [0.1, 0.15) is 41.2 Å². The summed E-state index contributed by atoms with van der Waals surface area (Å²) in [6.07, 6.45) is 2.27. The second-order valence-corrected chi connectivity index (χ2v) is 7.09. The Morgan fingerprint density at radius 1 is 1.04 bits per heavy atom. The SMILES string of the molecule is O=C(NC(CN1CCCC1=O)c1ccccc1)c1ccc2c(c1)OCCCO2. The summed E-state index contributed by atoms with van der Waals surface area (Å²) in [5.41, 5.74) is 1.49. The molecule has 2 aromatic rings. The van der Waals surface area contributed by atoms with E-state index in [4.69, 9.17) is 9.47 Å². The molecular formula is C22H24N2O4. The summed E-state index contributed by atoms with van der Waals surface area (Å²) in [4.78, 5) is 26.8. The zero-order valence-corrected chi connectivity index (χ0v) is 15.7. The molecule has 0 aliphatic carbocycles. The number of likely N-dealkylation sites (tertiary alicyclic amines) is 1. The molecule has 0 spiro atoms. The minimum atomic E-state index is -0.272. The first-order chi connectivity index (χ1) is 13.7. The summed E-state index contributed by atoms with van der Waals surface area (Å²) < 4.78 is 11.3. The fourth-order valence-corrected chi connectivity index (χ4v) is 3.58. The zero-order valence-electron chi connectivity index (χ0n) is 15.7. The van der Waals surface area contributed by atoms with Crippen LogP contribution in [0.3, 0.4) is 0 Å². The van der Waals surface area contributed by atoms with Crippen LogP contribution in [0.5, 0.6) is 11.5 Å². The lowest BCUT2D eigenvalue weighted by molar-refractivity contribution is -0.128. The second-order valence-electron chi connectivity index (χ2n) is 7.09. The van der Waals surface area contributed by atoms with Gasteiger partial charge in [-0.1, -0.05) is 30.3 Å². The van der Waals surface area contributed by atoms with Gasteiger partial charge in [0.1, 0.15) is 0 Å². The Hall–Kier alpha value is -3.02. The van der Waals surface area contributed by atoms with E-state index in [1.54, 1.807) is 18.2 Å². The lowest BCUT2D eigenvalue weighted by Crippen LogP contribution is -2.38. The van der Waals surface area contributed by atoms with Crippen molar-refractivity contribution >= 4 is 11.8 Å². The van der Waals surface area contributed by atoms with Gasteiger partial charge in [0.15, 0.2) is 11.5 Å². The predicted molar refractivity (Wildman–Crippen MR) is 105 cm³/mol. The first-order valence-electron chi connectivity index (χ1n) is 9.74. The molecule has 2 aliphatic rings. The van der Waals surface area contributed by atoms with Crippen LogP contribution in [-0.4, -0.2) is 43.0 Å². The second kappa shape index (κ2) is 8.33. The first-order valence-corrected chi connectivity index (χ1v) is 9.74. The molecule has 0 saturated carbocycles. The summed E-state index contributed by atoms with van der Waals surface area (Å²) in [7, 11) is 0. The van der Waals surface area contributed by atoms with E-state index >= 15 is 0 Å². The average molecular weight is 380 g/mol. The molecule has 146 valence electrons. The van der Waals surface area contributed by atoms with E-state index in [1.165, 1.54) is 0 Å². The van der Waals surface area contributed by atoms with Crippen molar-refractivity contribution in [3.05, 3.63) is 59.7 Å². The Kier molecular flexibility index (Phi) is 5.46. The molecule has 4 rings (SSSR count). The molecule has 6 nitrogen and oxygen atoms in total. The molecule has 0 radical (unpaired) electrons. The Balaban J connectivity index is 1.53. The molecule has 0 aromatic heterocycles. The molecule has 2 aliphatic heterocycles. The number of ether oxygens (including phenoxy) is 2. The Morgan fingerprint density at radius 3 is 2.57 bits per heavy atom. The van der Waals surface area contributed by atoms with Crippen molar-refractivity contribution in [1.82, 2.24) is 10.2 Å². The molecule has 0 bridgehead atoms. The highest BCUT2D eigenvalue weighted by atomic mass is 16.5. The highest BCUT2D eigenvalue weighted by Crippen LogP contribution is 2.30. The van der Waals surface area contributed by atoms with Crippen molar-refractivity contribution in [3.8, 4) is 11.5 Å². The van der Waals surface area contributed by atoms with E-state index in [9.17, 15) is 9.59 Å². The highest BCUT2D eigenvalue weighted by Gasteiger charge is 2.26. The minimum absolute atomic E-state index is 0.144. The normalized spacial score (nSPS) is 17.1. The van der Waals surface area contributed by atoms with Gasteiger partial charge in [0.05, 0.1) is 19.3 Å². The third-order valence-corrected chi connectivity index (χ3v) is 5.09. The van der Waals surface area contributed by atoms with Crippen molar-refractivity contribution in [2.75, 3.05) is 26.3 Å². The van der Waals surface area contributed by atoms with Gasteiger partial charge in [0.25, 0.3) is 5.91 Å². The standard InChI is InChI=1S/C22H24N2O4/c25-21-8-4-11-24(21)15-18(16-6-2-1-3-7-16)23-22(26)17-9-10-19-20(14-17)28-13-5-12-27-19/h1-3,6-7,9-10,14,18H,4-5,8,11-13,15H2,(H,23,26). The summed E-state index contributed by atoms with van der Waals surface area (Å²) >= 11 is 0.